The van der Waals surface area contributed by atoms with E-state index in [9.17, 15) is 4.79 Å². The summed E-state index contributed by atoms with van der Waals surface area (Å²) in [6.07, 6.45) is 0.681. The van der Waals surface area contributed by atoms with E-state index in [0.717, 1.165) is 21.7 Å². The largest absolute Gasteiger partial charge is 0.417 e. The maximum atomic E-state index is 11.1. The molecule has 19 heavy (non-hydrogen) atoms. The number of H-pyrrole nitrogens is 2. The third-order valence-corrected chi connectivity index (χ3v) is 3.36. The molecule has 0 saturated heterocycles. The number of hydrogen-bond donors (Lipinski definition) is 3. The molecular weight excluding hydrogens is 312 g/mol. The number of rotatable bonds is 3. The average molecular weight is 323 g/mol. The Morgan fingerprint density at radius 2 is 2.21 bits per heavy atom. The van der Waals surface area contributed by atoms with Crippen molar-refractivity contribution in [3.63, 3.8) is 0 Å². The van der Waals surface area contributed by atoms with Crippen LogP contribution in [0.3, 0.4) is 0 Å². The van der Waals surface area contributed by atoms with E-state index < -0.39 is 5.76 Å². The quantitative estimate of drug-likeness (QED) is 0.684. The molecule has 0 bridgehead atoms. The number of aromatic amines is 2. The first-order valence-electron chi connectivity index (χ1n) is 5.75. The third-order valence-electron chi connectivity index (χ3n) is 2.78. The number of nitrogens with one attached hydrogen (secondary N) is 2. The normalized spacial score (nSPS) is 11.3. The van der Waals surface area contributed by atoms with Gasteiger partial charge in [0.05, 0.1) is 5.52 Å². The Morgan fingerprint density at radius 1 is 1.37 bits per heavy atom. The van der Waals surface area contributed by atoms with Crippen molar-refractivity contribution in [2.75, 3.05) is 6.54 Å². The van der Waals surface area contributed by atoms with Gasteiger partial charge in [-0.05, 0) is 34.6 Å². The molecule has 2 heterocycles. The first kappa shape index (κ1) is 12.2. The Kier molecular flexibility index (Phi) is 3.00. The van der Waals surface area contributed by atoms with Gasteiger partial charge in [-0.15, -0.1) is 0 Å². The fourth-order valence-corrected chi connectivity index (χ4v) is 2.48. The molecule has 0 atom stereocenters. The summed E-state index contributed by atoms with van der Waals surface area (Å²) in [4.78, 5) is 21.3. The van der Waals surface area contributed by atoms with Gasteiger partial charge in [-0.25, -0.2) is 9.78 Å². The average Bonchev–Trinajstić information content (AvgIpc) is 2.90. The molecule has 4 N–H and O–H groups in total. The van der Waals surface area contributed by atoms with Gasteiger partial charge in [-0.2, -0.15) is 0 Å². The van der Waals surface area contributed by atoms with Crippen molar-refractivity contribution in [3.05, 3.63) is 39.2 Å². The number of aromatic nitrogens is 3. The molecule has 1 aromatic carbocycles. The molecule has 0 spiro atoms. The number of fused-ring (bicyclic) bond motifs is 1. The zero-order valence-electron chi connectivity index (χ0n) is 9.87. The van der Waals surface area contributed by atoms with Gasteiger partial charge < -0.3 is 15.1 Å². The Labute approximate surface area is 116 Å². The van der Waals surface area contributed by atoms with Crippen LogP contribution in [0.2, 0.25) is 0 Å². The number of benzene rings is 1. The minimum atomic E-state index is -0.461. The molecule has 3 aromatic rings. The standard InChI is InChI=1S/C12H11BrN4O2/c13-11-10(16-9(17-11)3-4-14)6-1-2-7-8(5-6)19-12(18)15-7/h1-2,5H,3-4,14H2,(H,15,18)(H,16,17). The van der Waals surface area contributed by atoms with E-state index in [1.54, 1.807) is 12.1 Å². The predicted molar refractivity (Wildman–Crippen MR) is 74.9 cm³/mol. The van der Waals surface area contributed by atoms with Gasteiger partial charge in [0, 0.05) is 12.0 Å². The summed E-state index contributed by atoms with van der Waals surface area (Å²) >= 11 is 3.43. The Balaban J connectivity index is 2.10. The van der Waals surface area contributed by atoms with Gasteiger partial charge in [0.25, 0.3) is 0 Å². The van der Waals surface area contributed by atoms with Crippen molar-refractivity contribution < 1.29 is 4.42 Å². The number of nitrogens with zero attached hydrogens (tertiary/aromatic N) is 1. The smallest absolute Gasteiger partial charge is 0.408 e. The van der Waals surface area contributed by atoms with Crippen LogP contribution in [0, 0.1) is 0 Å². The molecule has 98 valence electrons. The lowest BCUT2D eigenvalue weighted by molar-refractivity contribution is 0.555. The fraction of sp³-hybridized carbons (Fsp3) is 0.167. The molecule has 0 fully saturated rings. The van der Waals surface area contributed by atoms with Crippen molar-refractivity contribution in [1.82, 2.24) is 15.0 Å². The van der Waals surface area contributed by atoms with Crippen molar-refractivity contribution in [3.8, 4) is 11.3 Å². The van der Waals surface area contributed by atoms with Crippen LogP contribution in [0.4, 0.5) is 0 Å². The molecule has 0 aliphatic heterocycles. The molecule has 3 rings (SSSR count). The number of hydrogen-bond acceptors (Lipinski definition) is 4. The number of nitrogens with two attached hydrogens (primary N) is 1. The van der Waals surface area contributed by atoms with Crippen LogP contribution < -0.4 is 11.5 Å². The van der Waals surface area contributed by atoms with E-state index in [1.165, 1.54) is 0 Å². The highest BCUT2D eigenvalue weighted by atomic mass is 79.9. The zero-order valence-corrected chi connectivity index (χ0v) is 11.5. The number of oxazole rings is 1. The SMILES string of the molecule is NCCc1nc(-c2ccc3[nH]c(=O)oc3c2)c(Br)[nH]1. The van der Waals surface area contributed by atoms with Gasteiger partial charge in [-0.3, -0.25) is 4.98 Å². The molecule has 0 radical (unpaired) electrons. The van der Waals surface area contributed by atoms with Crippen LogP contribution in [0.25, 0.3) is 22.4 Å². The Morgan fingerprint density at radius 3 is 3.00 bits per heavy atom. The lowest BCUT2D eigenvalue weighted by Gasteiger charge is -1.97. The highest BCUT2D eigenvalue weighted by Gasteiger charge is 2.11. The van der Waals surface area contributed by atoms with Crippen molar-refractivity contribution >= 4 is 27.0 Å². The summed E-state index contributed by atoms with van der Waals surface area (Å²) in [6.45, 7) is 0.533. The molecule has 2 aromatic heterocycles. The number of imidazole rings is 1. The second-order valence-electron chi connectivity index (χ2n) is 4.11. The van der Waals surface area contributed by atoms with Gasteiger partial charge in [0.2, 0.25) is 0 Å². The van der Waals surface area contributed by atoms with Crippen molar-refractivity contribution in [2.24, 2.45) is 5.73 Å². The highest BCUT2D eigenvalue weighted by Crippen LogP contribution is 2.28. The van der Waals surface area contributed by atoms with Crippen LogP contribution >= 0.6 is 15.9 Å². The van der Waals surface area contributed by atoms with E-state index >= 15 is 0 Å². The van der Waals surface area contributed by atoms with Crippen LogP contribution in [0.15, 0.2) is 32.0 Å². The summed E-state index contributed by atoms with van der Waals surface area (Å²) in [6, 6.07) is 5.45. The molecule has 0 unspecified atom stereocenters. The minimum absolute atomic E-state index is 0.461. The molecular formula is C12H11BrN4O2. The minimum Gasteiger partial charge on any atom is -0.408 e. The van der Waals surface area contributed by atoms with E-state index in [1.807, 2.05) is 6.07 Å². The molecule has 0 aliphatic carbocycles. The van der Waals surface area contributed by atoms with E-state index in [0.29, 0.717) is 24.1 Å². The monoisotopic (exact) mass is 322 g/mol. The summed E-state index contributed by atoms with van der Waals surface area (Å²) in [5.41, 5.74) is 8.32. The van der Waals surface area contributed by atoms with Crippen LogP contribution in [-0.2, 0) is 6.42 Å². The maximum Gasteiger partial charge on any atom is 0.417 e. The summed E-state index contributed by atoms with van der Waals surface area (Å²) < 4.78 is 5.83. The summed E-state index contributed by atoms with van der Waals surface area (Å²) in [5, 5.41) is 0. The lowest BCUT2D eigenvalue weighted by atomic mass is 10.1. The fourth-order valence-electron chi connectivity index (χ4n) is 1.94. The van der Waals surface area contributed by atoms with Gasteiger partial charge >= 0.3 is 5.76 Å². The van der Waals surface area contributed by atoms with Crippen LogP contribution in [0.5, 0.6) is 0 Å². The maximum absolute atomic E-state index is 11.1. The van der Waals surface area contributed by atoms with Crippen LogP contribution in [0.1, 0.15) is 5.82 Å². The molecule has 0 amide bonds. The first-order valence-corrected chi connectivity index (χ1v) is 6.54. The molecule has 0 saturated carbocycles. The lowest BCUT2D eigenvalue weighted by Crippen LogP contribution is -2.03. The van der Waals surface area contributed by atoms with E-state index in [4.69, 9.17) is 10.2 Å². The third kappa shape index (κ3) is 2.22. The summed E-state index contributed by atoms with van der Waals surface area (Å²) in [5.74, 6) is 0.358. The van der Waals surface area contributed by atoms with E-state index in [2.05, 4.69) is 30.9 Å². The Bertz CT molecular complexity index is 786. The molecule has 7 heteroatoms. The van der Waals surface area contributed by atoms with E-state index in [-0.39, 0.29) is 0 Å². The van der Waals surface area contributed by atoms with Gasteiger partial charge in [-0.1, -0.05) is 6.07 Å². The van der Waals surface area contributed by atoms with Gasteiger partial charge in [0.1, 0.15) is 16.1 Å². The second kappa shape index (κ2) is 4.67. The van der Waals surface area contributed by atoms with Crippen molar-refractivity contribution in [1.29, 1.82) is 0 Å². The highest BCUT2D eigenvalue weighted by molar-refractivity contribution is 9.10. The molecule has 0 aliphatic rings. The Hall–Kier alpha value is -1.86. The summed E-state index contributed by atoms with van der Waals surface area (Å²) in [7, 11) is 0. The van der Waals surface area contributed by atoms with Crippen LogP contribution in [-0.4, -0.2) is 21.5 Å². The molecule has 6 nitrogen and oxygen atoms in total. The zero-order chi connectivity index (χ0) is 13.4. The first-order chi connectivity index (χ1) is 9.17. The van der Waals surface area contributed by atoms with Gasteiger partial charge in [0.15, 0.2) is 5.58 Å². The number of halogens is 1. The topological polar surface area (TPSA) is 101 Å². The predicted octanol–water partition coefficient (Wildman–Crippen LogP) is 1.77. The second-order valence-corrected chi connectivity index (χ2v) is 4.90. The van der Waals surface area contributed by atoms with Crippen molar-refractivity contribution in [2.45, 2.75) is 6.42 Å².